The van der Waals surface area contributed by atoms with Gasteiger partial charge in [0.15, 0.2) is 6.19 Å². The van der Waals surface area contributed by atoms with E-state index in [9.17, 15) is 4.79 Å². The maximum atomic E-state index is 11.7. The summed E-state index contributed by atoms with van der Waals surface area (Å²) < 4.78 is 0. The quantitative estimate of drug-likeness (QED) is 0.154. The van der Waals surface area contributed by atoms with Crippen LogP contribution in [0, 0.1) is 11.5 Å². The highest BCUT2D eigenvalue weighted by Gasteiger charge is 2.02. The minimum atomic E-state index is -0.182. The summed E-state index contributed by atoms with van der Waals surface area (Å²) in [5, 5.41) is 14.3. The molecule has 9 heteroatoms. The van der Waals surface area contributed by atoms with Gasteiger partial charge in [0.25, 0.3) is 0 Å². The molecule has 0 radical (unpaired) electrons. The van der Waals surface area contributed by atoms with Crippen LogP contribution in [0.4, 0.5) is 5.69 Å². The molecule has 0 aliphatic heterocycles. The standard InChI is InChI=1S/C18H21N7O2/c19-14-23-18(24-16-6-11-21-12-7-16)22-8-2-1-3-17(26)25-27-13-15-4-9-20-10-5-15/h4-7,9-12H,1-3,8,13H2,(H,25,26)(H2,21,22,23,24). The Balaban J connectivity index is 1.61. The summed E-state index contributed by atoms with van der Waals surface area (Å²) >= 11 is 0. The van der Waals surface area contributed by atoms with Crippen molar-refractivity contribution in [2.45, 2.75) is 25.9 Å². The predicted molar refractivity (Wildman–Crippen MR) is 99.9 cm³/mol. The number of guanidine groups is 1. The molecule has 0 saturated carbocycles. The fraction of sp³-hybridized carbons (Fsp3) is 0.278. The van der Waals surface area contributed by atoms with E-state index in [0.29, 0.717) is 38.4 Å². The Kier molecular flexibility index (Phi) is 8.76. The second-order valence-electron chi connectivity index (χ2n) is 5.45. The molecule has 0 bridgehead atoms. The molecule has 0 saturated heterocycles. The molecule has 0 atom stereocenters. The molecule has 27 heavy (non-hydrogen) atoms. The molecule has 0 aliphatic rings. The van der Waals surface area contributed by atoms with E-state index in [1.165, 1.54) is 0 Å². The van der Waals surface area contributed by atoms with E-state index >= 15 is 0 Å². The second-order valence-corrected chi connectivity index (χ2v) is 5.45. The van der Waals surface area contributed by atoms with Crippen molar-refractivity contribution in [3.8, 4) is 6.19 Å². The molecule has 2 aromatic heterocycles. The number of hydrogen-bond donors (Lipinski definition) is 3. The molecule has 9 nitrogen and oxygen atoms in total. The van der Waals surface area contributed by atoms with Gasteiger partial charge in [-0.3, -0.25) is 29.9 Å². The highest BCUT2D eigenvalue weighted by atomic mass is 16.6. The predicted octanol–water partition coefficient (Wildman–Crippen LogP) is 1.73. The zero-order chi connectivity index (χ0) is 19.2. The third-order valence-corrected chi connectivity index (χ3v) is 3.37. The van der Waals surface area contributed by atoms with Gasteiger partial charge >= 0.3 is 0 Å². The molecule has 0 fully saturated rings. The molecule has 2 heterocycles. The number of aromatic nitrogens is 2. The summed E-state index contributed by atoms with van der Waals surface area (Å²) in [4.78, 5) is 29.0. The Labute approximate surface area is 157 Å². The number of carbonyl (C=O) groups is 1. The molecule has 1 amide bonds. The maximum Gasteiger partial charge on any atom is 0.243 e. The number of amides is 1. The Morgan fingerprint density at radius 1 is 1.11 bits per heavy atom. The number of hydroxylamine groups is 1. The first-order valence-electron chi connectivity index (χ1n) is 8.44. The van der Waals surface area contributed by atoms with Gasteiger partial charge < -0.3 is 5.32 Å². The molecule has 2 aromatic rings. The lowest BCUT2D eigenvalue weighted by atomic mass is 10.2. The Morgan fingerprint density at radius 2 is 1.81 bits per heavy atom. The van der Waals surface area contributed by atoms with Crippen molar-refractivity contribution in [2.24, 2.45) is 4.99 Å². The zero-order valence-corrected chi connectivity index (χ0v) is 14.8. The molecule has 3 N–H and O–H groups in total. The Bertz CT molecular complexity index is 760. The number of anilines is 1. The third-order valence-electron chi connectivity index (χ3n) is 3.37. The van der Waals surface area contributed by atoms with Crippen LogP contribution in [0.15, 0.2) is 54.0 Å². The zero-order valence-electron chi connectivity index (χ0n) is 14.8. The Hall–Kier alpha value is -3.51. The highest BCUT2D eigenvalue weighted by molar-refractivity contribution is 5.94. The van der Waals surface area contributed by atoms with Gasteiger partial charge in [-0.05, 0) is 42.7 Å². The van der Waals surface area contributed by atoms with Crippen LogP contribution in [-0.4, -0.2) is 28.4 Å². The number of rotatable bonds is 9. The summed E-state index contributed by atoms with van der Waals surface area (Å²) in [5.41, 5.74) is 4.12. The molecular weight excluding hydrogens is 346 g/mol. The number of carbonyl (C=O) groups excluding carboxylic acids is 1. The van der Waals surface area contributed by atoms with Crippen molar-refractivity contribution in [1.82, 2.24) is 20.8 Å². The molecule has 2 rings (SSSR count). The molecule has 140 valence electrons. The molecule has 0 unspecified atom stereocenters. The number of nitrogens with one attached hydrogen (secondary N) is 3. The van der Waals surface area contributed by atoms with Crippen LogP contribution in [0.5, 0.6) is 0 Å². The maximum absolute atomic E-state index is 11.7. The third kappa shape index (κ3) is 8.42. The monoisotopic (exact) mass is 367 g/mol. The first-order valence-corrected chi connectivity index (χ1v) is 8.44. The largest absolute Gasteiger partial charge is 0.325 e. The number of unbranched alkanes of at least 4 members (excludes halogenated alkanes) is 1. The lowest BCUT2D eigenvalue weighted by Gasteiger charge is -2.08. The summed E-state index contributed by atoms with van der Waals surface area (Å²) in [6.07, 6.45) is 10.1. The lowest BCUT2D eigenvalue weighted by Crippen LogP contribution is -2.27. The summed E-state index contributed by atoms with van der Waals surface area (Å²) in [6.45, 7) is 0.773. The SMILES string of the molecule is N#CNC(=NCCCCC(=O)NOCc1ccncc1)Nc1ccncc1. The molecule has 0 aliphatic carbocycles. The van der Waals surface area contributed by atoms with E-state index in [-0.39, 0.29) is 5.91 Å². The molecule has 0 aromatic carbocycles. The van der Waals surface area contributed by atoms with Gasteiger partial charge in [-0.1, -0.05) is 0 Å². The van der Waals surface area contributed by atoms with Gasteiger partial charge in [-0.15, -0.1) is 0 Å². The fourth-order valence-electron chi connectivity index (χ4n) is 2.05. The van der Waals surface area contributed by atoms with E-state index in [0.717, 1.165) is 11.3 Å². The summed E-state index contributed by atoms with van der Waals surface area (Å²) in [6, 6.07) is 7.17. The van der Waals surface area contributed by atoms with Crippen LogP contribution in [0.25, 0.3) is 0 Å². The summed E-state index contributed by atoms with van der Waals surface area (Å²) in [5.74, 6) is 0.173. The number of hydrogen-bond acceptors (Lipinski definition) is 6. The number of nitrogens with zero attached hydrogens (tertiary/aromatic N) is 4. The smallest absolute Gasteiger partial charge is 0.243 e. The number of pyridine rings is 2. The van der Waals surface area contributed by atoms with Gasteiger partial charge in [0, 0.05) is 43.4 Å². The van der Waals surface area contributed by atoms with Crippen molar-refractivity contribution in [1.29, 1.82) is 5.26 Å². The minimum Gasteiger partial charge on any atom is -0.325 e. The van der Waals surface area contributed by atoms with Crippen LogP contribution in [0.2, 0.25) is 0 Å². The van der Waals surface area contributed by atoms with E-state index in [4.69, 9.17) is 10.1 Å². The van der Waals surface area contributed by atoms with Crippen LogP contribution in [0.1, 0.15) is 24.8 Å². The fourth-order valence-corrected chi connectivity index (χ4v) is 2.05. The minimum absolute atomic E-state index is 0.182. The van der Waals surface area contributed by atoms with E-state index < -0.39 is 0 Å². The molecular formula is C18H21N7O2. The molecule has 0 spiro atoms. The van der Waals surface area contributed by atoms with Gasteiger partial charge in [0.1, 0.15) is 0 Å². The Morgan fingerprint density at radius 3 is 2.52 bits per heavy atom. The van der Waals surface area contributed by atoms with Crippen LogP contribution >= 0.6 is 0 Å². The van der Waals surface area contributed by atoms with Crippen LogP contribution in [0.3, 0.4) is 0 Å². The van der Waals surface area contributed by atoms with Crippen molar-refractivity contribution < 1.29 is 9.63 Å². The van der Waals surface area contributed by atoms with Crippen molar-refractivity contribution in [3.63, 3.8) is 0 Å². The first kappa shape index (κ1) is 19.8. The van der Waals surface area contributed by atoms with E-state index in [1.807, 2.05) is 18.3 Å². The second kappa shape index (κ2) is 11.9. The highest BCUT2D eigenvalue weighted by Crippen LogP contribution is 2.03. The van der Waals surface area contributed by atoms with E-state index in [1.54, 1.807) is 36.9 Å². The number of aliphatic imine (C=N–C) groups is 1. The normalized spacial score (nSPS) is 10.7. The van der Waals surface area contributed by atoms with Crippen molar-refractivity contribution in [2.75, 3.05) is 11.9 Å². The van der Waals surface area contributed by atoms with Gasteiger partial charge in [0.05, 0.1) is 6.61 Å². The van der Waals surface area contributed by atoms with Gasteiger partial charge in [-0.2, -0.15) is 5.26 Å². The van der Waals surface area contributed by atoms with Gasteiger partial charge in [-0.25, -0.2) is 5.48 Å². The average Bonchev–Trinajstić information content (AvgIpc) is 2.69. The van der Waals surface area contributed by atoms with Gasteiger partial charge in [0.2, 0.25) is 11.9 Å². The first-order chi connectivity index (χ1) is 13.3. The number of nitriles is 1. The van der Waals surface area contributed by atoms with Crippen molar-refractivity contribution >= 4 is 17.6 Å². The topological polar surface area (TPSA) is 124 Å². The van der Waals surface area contributed by atoms with E-state index in [2.05, 4.69) is 31.1 Å². The average molecular weight is 367 g/mol. The van der Waals surface area contributed by atoms with Crippen molar-refractivity contribution in [3.05, 3.63) is 54.6 Å². The summed E-state index contributed by atoms with van der Waals surface area (Å²) in [7, 11) is 0. The van der Waals surface area contributed by atoms with Crippen LogP contribution in [-0.2, 0) is 16.2 Å². The lowest BCUT2D eigenvalue weighted by molar-refractivity contribution is -0.134. The van der Waals surface area contributed by atoms with Crippen LogP contribution < -0.4 is 16.1 Å².